The molecule has 0 unspecified atom stereocenters. The van der Waals surface area contributed by atoms with E-state index in [0.29, 0.717) is 32.3 Å². The highest BCUT2D eigenvalue weighted by atomic mass is 32.2. The molecule has 0 radical (unpaired) electrons. The van der Waals surface area contributed by atoms with Crippen molar-refractivity contribution in [2.75, 3.05) is 12.4 Å². The van der Waals surface area contributed by atoms with Crippen LogP contribution in [-0.4, -0.2) is 55.5 Å². The second-order valence-electron chi connectivity index (χ2n) is 12.1. The van der Waals surface area contributed by atoms with Gasteiger partial charge in [-0.3, -0.25) is 4.55 Å². The highest BCUT2D eigenvalue weighted by Crippen LogP contribution is 2.39. The highest BCUT2D eigenvalue weighted by Gasteiger charge is 2.51. The SMILES string of the molecule is CC1(C)OB(c2cccc(OCC3CCC(F)(F)CC3)c2)OC1(C)C.O=S(=O)(O)CCC1CCC(F)(F)CC1. The summed E-state index contributed by atoms with van der Waals surface area (Å²) in [4.78, 5) is 0. The summed E-state index contributed by atoms with van der Waals surface area (Å²) in [6.45, 7) is 8.56. The van der Waals surface area contributed by atoms with Crippen LogP contribution in [0.15, 0.2) is 24.3 Å². The van der Waals surface area contributed by atoms with Crippen molar-refractivity contribution in [2.24, 2.45) is 11.8 Å². The molecule has 1 aromatic carbocycles. The summed E-state index contributed by atoms with van der Waals surface area (Å²) in [7, 11) is -4.37. The highest BCUT2D eigenvalue weighted by molar-refractivity contribution is 7.85. The number of halogens is 4. The van der Waals surface area contributed by atoms with E-state index in [1.807, 2.05) is 52.0 Å². The van der Waals surface area contributed by atoms with E-state index in [1.54, 1.807) is 0 Å². The van der Waals surface area contributed by atoms with Crippen molar-refractivity contribution < 1.29 is 44.6 Å². The Labute approximate surface area is 230 Å². The molecule has 0 atom stereocenters. The zero-order valence-corrected chi connectivity index (χ0v) is 24.0. The lowest BCUT2D eigenvalue weighted by Crippen LogP contribution is -2.41. The van der Waals surface area contributed by atoms with Crippen LogP contribution in [-0.2, 0) is 19.4 Å². The first kappa shape index (κ1) is 32.2. The summed E-state index contributed by atoms with van der Waals surface area (Å²) < 4.78 is 99.1. The number of hydrogen-bond donors (Lipinski definition) is 1. The van der Waals surface area contributed by atoms with Crippen LogP contribution in [0.5, 0.6) is 5.75 Å². The van der Waals surface area contributed by atoms with Crippen molar-refractivity contribution in [2.45, 2.75) is 109 Å². The molecule has 1 aliphatic heterocycles. The number of alkyl halides is 4. The Morgan fingerprint density at radius 1 is 0.897 bits per heavy atom. The van der Waals surface area contributed by atoms with Gasteiger partial charge in [0.15, 0.2) is 0 Å². The van der Waals surface area contributed by atoms with E-state index in [2.05, 4.69) is 0 Å². The predicted molar refractivity (Wildman–Crippen MR) is 142 cm³/mol. The first-order valence-electron chi connectivity index (χ1n) is 13.7. The van der Waals surface area contributed by atoms with Crippen LogP contribution in [0.1, 0.15) is 85.5 Å². The number of hydrogen-bond acceptors (Lipinski definition) is 5. The molecule has 3 fully saturated rings. The van der Waals surface area contributed by atoms with Crippen LogP contribution < -0.4 is 10.2 Å². The van der Waals surface area contributed by atoms with Gasteiger partial charge in [-0.1, -0.05) is 12.1 Å². The normalized spacial score (nSPS) is 24.6. The van der Waals surface area contributed by atoms with Gasteiger partial charge in [-0.15, -0.1) is 0 Å². The lowest BCUT2D eigenvalue weighted by Gasteiger charge is -2.32. The Morgan fingerprint density at radius 2 is 1.38 bits per heavy atom. The molecule has 0 bridgehead atoms. The summed E-state index contributed by atoms with van der Waals surface area (Å²) in [5.41, 5.74) is 0.135. The second-order valence-corrected chi connectivity index (χ2v) is 13.7. The van der Waals surface area contributed by atoms with E-state index in [0.717, 1.165) is 11.2 Å². The number of rotatable bonds is 7. The molecule has 6 nitrogen and oxygen atoms in total. The van der Waals surface area contributed by atoms with Gasteiger partial charge in [-0.05, 0) is 89.2 Å². The minimum absolute atomic E-state index is 0.0107. The van der Waals surface area contributed by atoms with Gasteiger partial charge in [0, 0.05) is 25.7 Å². The van der Waals surface area contributed by atoms with Crippen LogP contribution >= 0.6 is 0 Å². The molecule has 0 amide bonds. The van der Waals surface area contributed by atoms with Gasteiger partial charge in [0.25, 0.3) is 10.1 Å². The van der Waals surface area contributed by atoms with E-state index in [-0.39, 0.29) is 60.9 Å². The molecular weight excluding hydrogens is 539 g/mol. The lowest BCUT2D eigenvalue weighted by molar-refractivity contribution is -0.0499. The van der Waals surface area contributed by atoms with Crippen LogP contribution in [0, 0.1) is 11.8 Å². The molecule has 0 spiro atoms. The first-order valence-corrected chi connectivity index (χ1v) is 15.3. The maximum absolute atomic E-state index is 13.2. The van der Waals surface area contributed by atoms with E-state index in [9.17, 15) is 26.0 Å². The second kappa shape index (κ2) is 12.2. The molecule has 0 aromatic heterocycles. The number of benzene rings is 1. The fourth-order valence-electron chi connectivity index (χ4n) is 4.91. The topological polar surface area (TPSA) is 82.1 Å². The van der Waals surface area contributed by atoms with Crippen molar-refractivity contribution in [3.8, 4) is 5.75 Å². The monoisotopic (exact) mass is 580 g/mol. The van der Waals surface area contributed by atoms with Gasteiger partial charge in [0.05, 0.1) is 23.6 Å². The quantitative estimate of drug-likeness (QED) is 0.232. The molecule has 2 saturated carbocycles. The van der Waals surface area contributed by atoms with Crippen molar-refractivity contribution in [3.05, 3.63) is 24.3 Å². The van der Waals surface area contributed by atoms with Gasteiger partial charge in [-0.2, -0.15) is 8.42 Å². The van der Waals surface area contributed by atoms with E-state index < -0.39 is 29.1 Å². The van der Waals surface area contributed by atoms with Gasteiger partial charge in [0.1, 0.15) is 5.75 Å². The summed E-state index contributed by atoms with van der Waals surface area (Å²) >= 11 is 0. The zero-order valence-electron chi connectivity index (χ0n) is 23.2. The van der Waals surface area contributed by atoms with E-state index in [4.69, 9.17) is 18.6 Å². The van der Waals surface area contributed by atoms with Gasteiger partial charge < -0.3 is 14.0 Å². The molecule has 1 N–H and O–H groups in total. The molecule has 222 valence electrons. The Bertz CT molecular complexity index is 1030. The van der Waals surface area contributed by atoms with E-state index in [1.165, 1.54) is 0 Å². The maximum atomic E-state index is 13.2. The molecule has 1 saturated heterocycles. The molecular formula is C27H41BF4O6S. The average Bonchev–Trinajstić information content (AvgIpc) is 3.04. The minimum atomic E-state index is -3.94. The smallest absolute Gasteiger partial charge is 0.493 e. The van der Waals surface area contributed by atoms with Gasteiger partial charge in [0.2, 0.25) is 11.8 Å². The molecule has 1 aromatic rings. The fourth-order valence-corrected chi connectivity index (χ4v) is 5.55. The summed E-state index contributed by atoms with van der Waals surface area (Å²) in [5, 5.41) is 0. The Kier molecular flexibility index (Phi) is 10.1. The van der Waals surface area contributed by atoms with Crippen LogP contribution in [0.4, 0.5) is 17.6 Å². The summed E-state index contributed by atoms with van der Waals surface area (Å²) in [6, 6.07) is 7.66. The van der Waals surface area contributed by atoms with Gasteiger partial charge >= 0.3 is 7.12 Å². The Morgan fingerprint density at radius 3 is 1.87 bits per heavy atom. The third-order valence-corrected chi connectivity index (χ3v) is 9.08. The first-order chi connectivity index (χ1) is 17.9. The lowest BCUT2D eigenvalue weighted by atomic mass is 9.79. The molecule has 2 aliphatic carbocycles. The van der Waals surface area contributed by atoms with E-state index >= 15 is 0 Å². The van der Waals surface area contributed by atoms with Crippen LogP contribution in [0.3, 0.4) is 0 Å². The summed E-state index contributed by atoms with van der Waals surface area (Å²) in [5.74, 6) is -4.45. The minimum Gasteiger partial charge on any atom is -0.493 e. The van der Waals surface area contributed by atoms with Crippen molar-refractivity contribution in [1.82, 2.24) is 0 Å². The molecule has 4 rings (SSSR count). The van der Waals surface area contributed by atoms with Crippen LogP contribution in [0.2, 0.25) is 0 Å². The maximum Gasteiger partial charge on any atom is 0.494 e. The molecule has 1 heterocycles. The average molecular weight is 580 g/mol. The molecule has 12 heteroatoms. The van der Waals surface area contributed by atoms with Crippen molar-refractivity contribution in [1.29, 1.82) is 0 Å². The third-order valence-electron chi connectivity index (χ3n) is 8.33. The van der Waals surface area contributed by atoms with Crippen molar-refractivity contribution in [3.63, 3.8) is 0 Å². The van der Waals surface area contributed by atoms with Gasteiger partial charge in [-0.25, -0.2) is 17.6 Å². The zero-order chi connectivity index (χ0) is 29.1. The van der Waals surface area contributed by atoms with Crippen LogP contribution in [0.25, 0.3) is 0 Å². The predicted octanol–water partition coefficient (Wildman–Crippen LogP) is 6.28. The fraction of sp³-hybridized carbons (Fsp3) is 0.778. The molecule has 39 heavy (non-hydrogen) atoms. The summed E-state index contributed by atoms with van der Waals surface area (Å²) in [6.07, 6.45) is 1.63. The molecule has 3 aliphatic rings. The Hall–Kier alpha value is -1.37. The van der Waals surface area contributed by atoms with Crippen molar-refractivity contribution >= 4 is 22.7 Å². The largest absolute Gasteiger partial charge is 0.494 e. The number of ether oxygens (including phenoxy) is 1. The Balaban J connectivity index is 0.000000255. The standard InChI is InChI=1S/C19H27BF2O3.C8H14F2O3S/c1-17(2)18(3,4)25-20(24-17)15-6-5-7-16(12-15)23-13-14-8-10-19(21,22)11-9-14;9-8(10)4-1-7(2-5-8)3-6-14(11,12)13/h5-7,12,14H,8-11,13H2,1-4H3;7H,1-6H2,(H,11,12,13). The third kappa shape index (κ3) is 9.90.